The molecule has 0 amide bonds. The van der Waals surface area contributed by atoms with Crippen molar-refractivity contribution in [1.29, 1.82) is 0 Å². The molecule has 0 aromatic rings. The van der Waals surface area contributed by atoms with Gasteiger partial charge in [-0.3, -0.25) is 0 Å². The van der Waals surface area contributed by atoms with E-state index in [1.807, 2.05) is 0 Å². The first kappa shape index (κ1) is 15.5. The predicted octanol–water partition coefficient (Wildman–Crippen LogP) is 4.29. The minimum atomic E-state index is 0.355. The predicted molar refractivity (Wildman–Crippen MR) is 71.3 cm³/mol. The Morgan fingerprint density at radius 1 is 0.688 bits per heavy atom. The summed E-state index contributed by atoms with van der Waals surface area (Å²) in [5, 5.41) is 8.61. The van der Waals surface area contributed by atoms with E-state index < -0.39 is 0 Å². The Labute approximate surface area is 102 Å². The minimum Gasteiger partial charge on any atom is -0.396 e. The maximum absolute atomic E-state index is 8.61. The summed E-state index contributed by atoms with van der Waals surface area (Å²) >= 11 is 0. The normalized spacial score (nSPS) is 9.88. The summed E-state index contributed by atoms with van der Waals surface area (Å²) < 4.78 is 0. The van der Waals surface area contributed by atoms with Crippen molar-refractivity contribution in [2.24, 2.45) is 0 Å². The zero-order valence-electron chi connectivity index (χ0n) is 10.9. The van der Waals surface area contributed by atoms with Gasteiger partial charge in [-0.15, -0.1) is 11.8 Å². The van der Waals surface area contributed by atoms with Crippen molar-refractivity contribution in [3.05, 3.63) is 0 Å². The van der Waals surface area contributed by atoms with Gasteiger partial charge < -0.3 is 5.11 Å². The van der Waals surface area contributed by atoms with Gasteiger partial charge in [-0.2, -0.15) is 0 Å². The largest absolute Gasteiger partial charge is 0.396 e. The lowest BCUT2D eigenvalue weighted by Crippen LogP contribution is -1.83. The molecule has 0 aromatic carbocycles. The number of unbranched alkanes of at least 4 members (excludes halogenated alkanes) is 9. The van der Waals surface area contributed by atoms with Crippen molar-refractivity contribution >= 4 is 0 Å². The lowest BCUT2D eigenvalue weighted by molar-refractivity contribution is 0.282. The molecule has 1 N–H and O–H groups in total. The number of hydrogen-bond donors (Lipinski definition) is 1. The van der Waals surface area contributed by atoms with Gasteiger partial charge >= 0.3 is 0 Å². The van der Waals surface area contributed by atoms with Gasteiger partial charge in [-0.05, 0) is 19.3 Å². The summed E-state index contributed by atoms with van der Waals surface area (Å²) in [4.78, 5) is 0. The Hall–Kier alpha value is -0.480. The van der Waals surface area contributed by atoms with Crippen molar-refractivity contribution in [1.82, 2.24) is 0 Å². The molecule has 0 aliphatic rings. The molecule has 1 nitrogen and oxygen atoms in total. The van der Waals surface area contributed by atoms with E-state index in [4.69, 9.17) is 5.11 Å². The topological polar surface area (TPSA) is 20.2 Å². The molecule has 0 saturated carbocycles. The highest BCUT2D eigenvalue weighted by molar-refractivity contribution is 4.98. The summed E-state index contributed by atoms with van der Waals surface area (Å²) in [6.07, 6.45) is 13.4. The van der Waals surface area contributed by atoms with Gasteiger partial charge in [0, 0.05) is 19.4 Å². The van der Waals surface area contributed by atoms with Crippen LogP contribution in [0.25, 0.3) is 0 Å². The summed E-state index contributed by atoms with van der Waals surface area (Å²) in [7, 11) is 0. The van der Waals surface area contributed by atoms with Gasteiger partial charge in [0.05, 0.1) is 0 Å². The van der Waals surface area contributed by atoms with Crippen LogP contribution in [0.5, 0.6) is 0 Å². The third-order valence-corrected chi connectivity index (χ3v) is 2.74. The Balaban J connectivity index is 2.99. The molecule has 16 heavy (non-hydrogen) atoms. The molecule has 0 heterocycles. The zero-order valence-corrected chi connectivity index (χ0v) is 10.9. The van der Waals surface area contributed by atoms with E-state index >= 15 is 0 Å². The Kier molecular flexibility index (Phi) is 14.1. The van der Waals surface area contributed by atoms with Crippen LogP contribution in [0.15, 0.2) is 0 Å². The fourth-order valence-electron chi connectivity index (χ4n) is 1.65. The van der Waals surface area contributed by atoms with E-state index in [0.717, 1.165) is 19.3 Å². The summed E-state index contributed by atoms with van der Waals surface area (Å²) in [5.41, 5.74) is 0. The molecule has 0 bridgehead atoms. The molecule has 0 spiro atoms. The molecular formula is C15H28O. The van der Waals surface area contributed by atoms with E-state index in [2.05, 4.69) is 18.8 Å². The third kappa shape index (κ3) is 13.5. The molecule has 0 rings (SSSR count). The molecule has 0 radical (unpaired) electrons. The van der Waals surface area contributed by atoms with Crippen molar-refractivity contribution in [3.8, 4) is 11.8 Å². The number of aliphatic hydroxyl groups excluding tert-OH is 1. The minimum absolute atomic E-state index is 0.355. The average Bonchev–Trinajstić information content (AvgIpc) is 2.31. The van der Waals surface area contributed by atoms with Crippen LogP contribution in [0.3, 0.4) is 0 Å². The number of rotatable bonds is 10. The summed E-state index contributed by atoms with van der Waals surface area (Å²) in [5.74, 6) is 6.48. The van der Waals surface area contributed by atoms with Gasteiger partial charge in [-0.25, -0.2) is 0 Å². The molecule has 0 saturated heterocycles. The highest BCUT2D eigenvalue weighted by atomic mass is 16.2. The first-order valence-corrected chi connectivity index (χ1v) is 6.98. The number of hydrogen-bond acceptors (Lipinski definition) is 1. The van der Waals surface area contributed by atoms with Crippen LogP contribution in [-0.2, 0) is 0 Å². The molecule has 0 unspecified atom stereocenters. The zero-order chi connectivity index (χ0) is 11.9. The monoisotopic (exact) mass is 224 g/mol. The highest BCUT2D eigenvalue weighted by Crippen LogP contribution is 2.07. The van der Waals surface area contributed by atoms with Crippen LogP contribution in [0.1, 0.15) is 77.6 Å². The molecule has 94 valence electrons. The fraction of sp³-hybridized carbons (Fsp3) is 0.867. The van der Waals surface area contributed by atoms with Gasteiger partial charge in [0.25, 0.3) is 0 Å². The Morgan fingerprint density at radius 3 is 1.75 bits per heavy atom. The van der Waals surface area contributed by atoms with Crippen LogP contribution in [0, 0.1) is 11.8 Å². The molecule has 0 aliphatic carbocycles. The van der Waals surface area contributed by atoms with E-state index in [1.54, 1.807) is 0 Å². The SMILES string of the molecule is CCCCC#CCCCCCCCCCO. The second kappa shape index (κ2) is 14.5. The van der Waals surface area contributed by atoms with E-state index in [1.165, 1.54) is 51.4 Å². The third-order valence-electron chi connectivity index (χ3n) is 2.74. The maximum Gasteiger partial charge on any atom is 0.0431 e. The van der Waals surface area contributed by atoms with E-state index in [-0.39, 0.29) is 0 Å². The molecule has 0 aromatic heterocycles. The number of aliphatic hydroxyl groups is 1. The average molecular weight is 224 g/mol. The van der Waals surface area contributed by atoms with Crippen molar-refractivity contribution in [2.45, 2.75) is 77.6 Å². The highest BCUT2D eigenvalue weighted by Gasteiger charge is 1.90. The molecule has 0 aliphatic heterocycles. The Morgan fingerprint density at radius 2 is 1.19 bits per heavy atom. The van der Waals surface area contributed by atoms with Crippen LogP contribution < -0.4 is 0 Å². The van der Waals surface area contributed by atoms with Crippen LogP contribution in [0.4, 0.5) is 0 Å². The lowest BCUT2D eigenvalue weighted by Gasteiger charge is -1.98. The lowest BCUT2D eigenvalue weighted by atomic mass is 10.1. The Bertz CT molecular complexity index is 176. The first-order chi connectivity index (χ1) is 7.91. The van der Waals surface area contributed by atoms with Crippen molar-refractivity contribution < 1.29 is 5.11 Å². The smallest absolute Gasteiger partial charge is 0.0431 e. The van der Waals surface area contributed by atoms with Crippen molar-refractivity contribution in [3.63, 3.8) is 0 Å². The standard InChI is InChI=1S/C15H28O/c1-2-3-4-5-6-7-8-9-10-11-12-13-14-15-16/h16H,2-4,7-15H2,1H3. The second-order valence-electron chi connectivity index (χ2n) is 4.41. The molecule has 0 fully saturated rings. The van der Waals surface area contributed by atoms with Crippen LogP contribution >= 0.6 is 0 Å². The molecule has 0 atom stereocenters. The van der Waals surface area contributed by atoms with Gasteiger partial charge in [-0.1, -0.05) is 45.4 Å². The molecular weight excluding hydrogens is 196 g/mol. The van der Waals surface area contributed by atoms with Crippen LogP contribution in [-0.4, -0.2) is 11.7 Å². The summed E-state index contributed by atoms with van der Waals surface area (Å²) in [6.45, 7) is 2.56. The fourth-order valence-corrected chi connectivity index (χ4v) is 1.65. The quantitative estimate of drug-likeness (QED) is 0.433. The van der Waals surface area contributed by atoms with E-state index in [9.17, 15) is 0 Å². The van der Waals surface area contributed by atoms with Crippen molar-refractivity contribution in [2.75, 3.05) is 6.61 Å². The van der Waals surface area contributed by atoms with E-state index in [0.29, 0.717) is 6.61 Å². The van der Waals surface area contributed by atoms with Gasteiger partial charge in [0.2, 0.25) is 0 Å². The van der Waals surface area contributed by atoms with Gasteiger partial charge in [0.1, 0.15) is 0 Å². The summed E-state index contributed by atoms with van der Waals surface area (Å²) in [6, 6.07) is 0. The second-order valence-corrected chi connectivity index (χ2v) is 4.41. The van der Waals surface area contributed by atoms with Crippen LogP contribution in [0.2, 0.25) is 0 Å². The first-order valence-electron chi connectivity index (χ1n) is 6.98. The molecule has 1 heteroatoms. The maximum atomic E-state index is 8.61. The van der Waals surface area contributed by atoms with Gasteiger partial charge in [0.15, 0.2) is 0 Å².